The van der Waals surface area contributed by atoms with Gasteiger partial charge in [0.15, 0.2) is 11.7 Å². The Morgan fingerprint density at radius 1 is 1.40 bits per heavy atom. The average Bonchev–Trinajstić information content (AvgIpc) is 3.23. The topological polar surface area (TPSA) is 82.3 Å². The fourth-order valence-corrected chi connectivity index (χ4v) is 2.99. The molecule has 1 aliphatic rings. The standard InChI is InChI=1S/C18H28N6O/c1-6-19-16(24-12-17(2,3)18(24,4)5)20-10-9-14-21-15(23-22-14)13-8-7-11-25-13/h7-8,11H,6,9-10,12H2,1-5H3,(H,19,20)(H,21,22,23). The number of likely N-dealkylation sites (tertiary alicyclic amines) is 1. The first-order valence-corrected chi connectivity index (χ1v) is 8.86. The highest BCUT2D eigenvalue weighted by atomic mass is 16.3. The summed E-state index contributed by atoms with van der Waals surface area (Å²) in [7, 11) is 0. The van der Waals surface area contributed by atoms with E-state index in [1.165, 1.54) is 0 Å². The molecule has 0 saturated carbocycles. The van der Waals surface area contributed by atoms with Crippen LogP contribution in [0.2, 0.25) is 0 Å². The van der Waals surface area contributed by atoms with Crippen LogP contribution in [0.25, 0.3) is 11.6 Å². The number of aliphatic imine (C=N–C) groups is 1. The number of nitrogens with zero attached hydrogens (tertiary/aromatic N) is 4. The molecule has 136 valence electrons. The van der Waals surface area contributed by atoms with Crippen molar-refractivity contribution in [3.8, 4) is 11.6 Å². The fourth-order valence-electron chi connectivity index (χ4n) is 2.99. The van der Waals surface area contributed by atoms with Crippen LogP contribution in [0.15, 0.2) is 27.8 Å². The maximum atomic E-state index is 5.31. The third-order valence-electron chi connectivity index (χ3n) is 5.36. The molecular formula is C18H28N6O. The summed E-state index contributed by atoms with van der Waals surface area (Å²) >= 11 is 0. The van der Waals surface area contributed by atoms with Gasteiger partial charge in [0.2, 0.25) is 5.82 Å². The number of guanidine groups is 1. The van der Waals surface area contributed by atoms with E-state index in [0.717, 1.165) is 24.9 Å². The van der Waals surface area contributed by atoms with Crippen molar-refractivity contribution in [1.29, 1.82) is 0 Å². The molecule has 1 fully saturated rings. The van der Waals surface area contributed by atoms with Gasteiger partial charge in [-0.3, -0.25) is 10.1 Å². The monoisotopic (exact) mass is 344 g/mol. The lowest BCUT2D eigenvalue weighted by Crippen LogP contribution is -2.72. The van der Waals surface area contributed by atoms with Crippen LogP contribution >= 0.6 is 0 Å². The molecule has 0 unspecified atom stereocenters. The van der Waals surface area contributed by atoms with Crippen molar-refractivity contribution in [3.05, 3.63) is 24.2 Å². The lowest BCUT2D eigenvalue weighted by Gasteiger charge is -2.62. The van der Waals surface area contributed by atoms with Crippen LogP contribution in [0.5, 0.6) is 0 Å². The van der Waals surface area contributed by atoms with Gasteiger partial charge in [0.05, 0.1) is 6.26 Å². The van der Waals surface area contributed by atoms with Gasteiger partial charge in [-0.25, -0.2) is 4.98 Å². The van der Waals surface area contributed by atoms with Crippen molar-refractivity contribution in [2.45, 2.75) is 46.6 Å². The third kappa shape index (κ3) is 3.27. The molecule has 0 radical (unpaired) electrons. The Balaban J connectivity index is 1.63. The molecule has 1 aliphatic heterocycles. The summed E-state index contributed by atoms with van der Waals surface area (Å²) in [5.74, 6) is 3.04. The quantitative estimate of drug-likeness (QED) is 0.644. The summed E-state index contributed by atoms with van der Waals surface area (Å²) in [4.78, 5) is 11.6. The minimum Gasteiger partial charge on any atom is -0.461 e. The Morgan fingerprint density at radius 3 is 2.80 bits per heavy atom. The van der Waals surface area contributed by atoms with Crippen molar-refractivity contribution in [2.75, 3.05) is 19.6 Å². The number of H-pyrrole nitrogens is 1. The first-order valence-electron chi connectivity index (χ1n) is 8.86. The van der Waals surface area contributed by atoms with Gasteiger partial charge >= 0.3 is 0 Å². The number of aromatic nitrogens is 3. The van der Waals surface area contributed by atoms with Crippen LogP contribution in [0.3, 0.4) is 0 Å². The largest absolute Gasteiger partial charge is 0.461 e. The highest BCUT2D eigenvalue weighted by molar-refractivity contribution is 5.82. The fraction of sp³-hybridized carbons (Fsp3) is 0.611. The molecule has 7 nitrogen and oxygen atoms in total. The maximum Gasteiger partial charge on any atom is 0.216 e. The van der Waals surface area contributed by atoms with Gasteiger partial charge in [-0.1, -0.05) is 13.8 Å². The summed E-state index contributed by atoms with van der Waals surface area (Å²) in [6.45, 7) is 13.8. The van der Waals surface area contributed by atoms with Crippen LogP contribution < -0.4 is 5.32 Å². The zero-order valence-corrected chi connectivity index (χ0v) is 15.8. The van der Waals surface area contributed by atoms with Gasteiger partial charge in [0.25, 0.3) is 0 Å². The normalized spacial score (nSPS) is 18.9. The predicted octanol–water partition coefficient (Wildman–Crippen LogP) is 2.69. The van der Waals surface area contributed by atoms with E-state index in [2.05, 4.69) is 60.0 Å². The second-order valence-corrected chi connectivity index (χ2v) is 7.60. The van der Waals surface area contributed by atoms with E-state index in [-0.39, 0.29) is 11.0 Å². The van der Waals surface area contributed by atoms with Crippen LogP contribution in [0.1, 0.15) is 40.4 Å². The first-order chi connectivity index (χ1) is 11.8. The Kier molecular flexibility index (Phi) is 4.58. The molecule has 0 aliphatic carbocycles. The molecule has 25 heavy (non-hydrogen) atoms. The molecule has 1 saturated heterocycles. The van der Waals surface area contributed by atoms with E-state index in [0.29, 0.717) is 24.6 Å². The number of nitrogens with one attached hydrogen (secondary N) is 2. The Morgan fingerprint density at radius 2 is 2.20 bits per heavy atom. The van der Waals surface area contributed by atoms with Crippen molar-refractivity contribution in [3.63, 3.8) is 0 Å². The molecule has 0 bridgehead atoms. The number of hydrogen-bond acceptors (Lipinski definition) is 4. The van der Waals surface area contributed by atoms with Crippen LogP contribution in [0.4, 0.5) is 0 Å². The highest BCUT2D eigenvalue weighted by Crippen LogP contribution is 2.46. The lowest BCUT2D eigenvalue weighted by atomic mass is 9.65. The Labute approximate surface area is 148 Å². The van der Waals surface area contributed by atoms with Crippen LogP contribution in [-0.4, -0.2) is 51.2 Å². The molecule has 2 N–H and O–H groups in total. The van der Waals surface area contributed by atoms with Gasteiger partial charge in [-0.2, -0.15) is 5.10 Å². The zero-order valence-electron chi connectivity index (χ0n) is 15.8. The minimum absolute atomic E-state index is 0.0900. The molecular weight excluding hydrogens is 316 g/mol. The lowest BCUT2D eigenvalue weighted by molar-refractivity contribution is -0.0667. The number of rotatable bonds is 5. The second kappa shape index (κ2) is 6.54. The van der Waals surface area contributed by atoms with E-state index in [4.69, 9.17) is 9.41 Å². The summed E-state index contributed by atoms with van der Waals surface area (Å²) in [5, 5.41) is 10.6. The molecule has 0 aromatic carbocycles. The van der Waals surface area contributed by atoms with Crippen LogP contribution in [-0.2, 0) is 6.42 Å². The van der Waals surface area contributed by atoms with Gasteiger partial charge < -0.3 is 14.6 Å². The first kappa shape index (κ1) is 17.5. The molecule has 3 rings (SSSR count). The third-order valence-corrected chi connectivity index (χ3v) is 5.36. The van der Waals surface area contributed by atoms with Crippen molar-refractivity contribution in [1.82, 2.24) is 25.4 Å². The van der Waals surface area contributed by atoms with E-state index in [1.807, 2.05) is 12.1 Å². The zero-order chi connectivity index (χ0) is 18.1. The Bertz CT molecular complexity index is 729. The molecule has 0 atom stereocenters. The van der Waals surface area contributed by atoms with Gasteiger partial charge in [0.1, 0.15) is 5.82 Å². The van der Waals surface area contributed by atoms with E-state index >= 15 is 0 Å². The molecule has 2 aromatic heterocycles. The smallest absolute Gasteiger partial charge is 0.216 e. The van der Waals surface area contributed by atoms with Crippen molar-refractivity contribution in [2.24, 2.45) is 10.4 Å². The molecule has 0 spiro atoms. The summed E-state index contributed by atoms with van der Waals surface area (Å²) < 4.78 is 5.31. The van der Waals surface area contributed by atoms with Crippen molar-refractivity contribution < 1.29 is 4.42 Å². The van der Waals surface area contributed by atoms with Gasteiger partial charge in [-0.05, 0) is 32.9 Å². The molecule has 7 heteroatoms. The SMILES string of the molecule is CCNC(=NCCc1nc(-c2ccco2)n[nH]1)N1CC(C)(C)C1(C)C. The second-order valence-electron chi connectivity index (χ2n) is 7.60. The predicted molar refractivity (Wildman–Crippen MR) is 98.3 cm³/mol. The summed E-state index contributed by atoms with van der Waals surface area (Å²) in [5.41, 5.74) is 0.374. The molecule has 2 aromatic rings. The summed E-state index contributed by atoms with van der Waals surface area (Å²) in [6, 6.07) is 3.68. The minimum atomic E-state index is 0.0900. The molecule has 0 amide bonds. The van der Waals surface area contributed by atoms with Crippen molar-refractivity contribution >= 4 is 5.96 Å². The summed E-state index contributed by atoms with van der Waals surface area (Å²) in [6.07, 6.45) is 2.33. The number of furan rings is 1. The van der Waals surface area contributed by atoms with Crippen LogP contribution in [0, 0.1) is 5.41 Å². The average molecular weight is 344 g/mol. The van der Waals surface area contributed by atoms with Gasteiger partial charge in [-0.15, -0.1) is 0 Å². The van der Waals surface area contributed by atoms with Gasteiger partial charge in [0, 0.05) is 37.0 Å². The Hall–Kier alpha value is -2.31. The van der Waals surface area contributed by atoms with E-state index < -0.39 is 0 Å². The highest BCUT2D eigenvalue weighted by Gasteiger charge is 2.53. The van der Waals surface area contributed by atoms with E-state index in [1.54, 1.807) is 6.26 Å². The molecule has 3 heterocycles. The maximum absolute atomic E-state index is 5.31. The van der Waals surface area contributed by atoms with E-state index in [9.17, 15) is 0 Å². The number of hydrogen-bond donors (Lipinski definition) is 2. The number of aromatic amines is 1.